The lowest BCUT2D eigenvalue weighted by Crippen LogP contribution is -2.41. The molecule has 0 saturated carbocycles. The Kier molecular flexibility index (Phi) is 6.09. The van der Waals surface area contributed by atoms with Gasteiger partial charge in [-0.25, -0.2) is 8.42 Å². The first-order chi connectivity index (χ1) is 12.0. The fourth-order valence-electron chi connectivity index (χ4n) is 1.99. The van der Waals surface area contributed by atoms with Gasteiger partial charge in [0, 0.05) is 10.2 Å². The standard InChI is InChI=1S/C16H14BrF3N2O3S/c1-10(22-26(24,25)14-7-5-12(17)6-8-14)15(23)21-13-4-2-3-11(9-13)16(18,19)20/h2-10,22H,1H3,(H,21,23). The Hall–Kier alpha value is -1.91. The molecule has 2 aromatic carbocycles. The van der Waals surface area contributed by atoms with Crippen LogP contribution in [0.5, 0.6) is 0 Å². The van der Waals surface area contributed by atoms with Crippen molar-refractivity contribution in [1.82, 2.24) is 4.72 Å². The average Bonchev–Trinajstić information content (AvgIpc) is 2.54. The number of hydrogen-bond acceptors (Lipinski definition) is 3. The highest BCUT2D eigenvalue weighted by molar-refractivity contribution is 9.10. The summed E-state index contributed by atoms with van der Waals surface area (Å²) in [5.74, 6) is -0.787. The highest BCUT2D eigenvalue weighted by Crippen LogP contribution is 2.30. The zero-order valence-electron chi connectivity index (χ0n) is 13.3. The third kappa shape index (κ3) is 5.29. The number of sulfonamides is 1. The minimum absolute atomic E-state index is 0.0422. The molecule has 140 valence electrons. The van der Waals surface area contributed by atoms with Crippen molar-refractivity contribution in [2.45, 2.75) is 24.0 Å². The number of carbonyl (C=O) groups excluding carboxylic acids is 1. The van der Waals surface area contributed by atoms with Crippen molar-refractivity contribution < 1.29 is 26.4 Å². The molecule has 1 atom stereocenters. The molecule has 0 heterocycles. The number of halogens is 4. The Morgan fingerprint density at radius 1 is 1.12 bits per heavy atom. The largest absolute Gasteiger partial charge is 0.416 e. The van der Waals surface area contributed by atoms with E-state index in [1.54, 1.807) is 0 Å². The topological polar surface area (TPSA) is 75.3 Å². The monoisotopic (exact) mass is 450 g/mol. The van der Waals surface area contributed by atoms with Crippen molar-refractivity contribution in [3.8, 4) is 0 Å². The first-order valence-electron chi connectivity index (χ1n) is 7.25. The summed E-state index contributed by atoms with van der Waals surface area (Å²) in [5.41, 5.74) is -1.00. The normalized spacial score (nSPS) is 13.3. The van der Waals surface area contributed by atoms with Crippen molar-refractivity contribution >= 4 is 37.5 Å². The number of alkyl halides is 3. The number of rotatable bonds is 5. The van der Waals surface area contributed by atoms with Gasteiger partial charge in [-0.05, 0) is 49.4 Å². The fraction of sp³-hybridized carbons (Fsp3) is 0.188. The Balaban J connectivity index is 2.09. The Morgan fingerprint density at radius 3 is 2.31 bits per heavy atom. The fourth-order valence-corrected chi connectivity index (χ4v) is 3.46. The van der Waals surface area contributed by atoms with Gasteiger partial charge in [-0.3, -0.25) is 4.79 Å². The van der Waals surface area contributed by atoms with Crippen LogP contribution in [0.25, 0.3) is 0 Å². The lowest BCUT2D eigenvalue weighted by Gasteiger charge is -2.15. The number of hydrogen-bond donors (Lipinski definition) is 2. The molecule has 0 aliphatic heterocycles. The maximum Gasteiger partial charge on any atom is 0.416 e. The average molecular weight is 451 g/mol. The Morgan fingerprint density at radius 2 is 1.73 bits per heavy atom. The molecule has 1 unspecified atom stereocenters. The molecule has 1 amide bonds. The van der Waals surface area contributed by atoms with Crippen molar-refractivity contribution in [2.75, 3.05) is 5.32 Å². The molecule has 0 fully saturated rings. The van der Waals surface area contributed by atoms with E-state index < -0.39 is 33.7 Å². The lowest BCUT2D eigenvalue weighted by molar-refractivity contribution is -0.137. The predicted octanol–water partition coefficient (Wildman–Crippen LogP) is 3.77. The van der Waals surface area contributed by atoms with Crippen molar-refractivity contribution in [3.63, 3.8) is 0 Å². The first kappa shape index (κ1) is 20.4. The van der Waals surface area contributed by atoms with E-state index in [2.05, 4.69) is 26.0 Å². The number of amides is 1. The Labute approximate surface area is 156 Å². The molecule has 0 aliphatic carbocycles. The van der Waals surface area contributed by atoms with Crippen LogP contribution in [0, 0.1) is 0 Å². The molecule has 2 rings (SSSR count). The first-order valence-corrected chi connectivity index (χ1v) is 9.53. The Bertz CT molecular complexity index is 900. The summed E-state index contributed by atoms with van der Waals surface area (Å²) in [6, 6.07) is 8.64. The van der Waals surface area contributed by atoms with Gasteiger partial charge in [0.1, 0.15) is 0 Å². The smallest absolute Gasteiger partial charge is 0.325 e. The summed E-state index contributed by atoms with van der Waals surface area (Å²) in [4.78, 5) is 12.1. The van der Waals surface area contributed by atoms with Crippen LogP contribution >= 0.6 is 15.9 Å². The van der Waals surface area contributed by atoms with Crippen LogP contribution in [0.15, 0.2) is 57.9 Å². The minimum atomic E-state index is -4.55. The van der Waals surface area contributed by atoms with Gasteiger partial charge in [0.15, 0.2) is 0 Å². The van der Waals surface area contributed by atoms with Crippen LogP contribution < -0.4 is 10.0 Å². The quantitative estimate of drug-likeness (QED) is 0.727. The highest BCUT2D eigenvalue weighted by atomic mass is 79.9. The summed E-state index contributed by atoms with van der Waals surface area (Å²) in [7, 11) is -3.96. The lowest BCUT2D eigenvalue weighted by atomic mass is 10.2. The molecule has 0 saturated heterocycles. The molecule has 0 radical (unpaired) electrons. The molecular formula is C16H14BrF3N2O3S. The summed E-state index contributed by atoms with van der Waals surface area (Å²) in [6.45, 7) is 1.29. The molecule has 0 aliphatic rings. The predicted molar refractivity (Wildman–Crippen MR) is 94.0 cm³/mol. The van der Waals surface area contributed by atoms with Crippen LogP contribution in [-0.2, 0) is 21.0 Å². The molecule has 26 heavy (non-hydrogen) atoms. The van der Waals surface area contributed by atoms with Crippen molar-refractivity contribution in [2.24, 2.45) is 0 Å². The van der Waals surface area contributed by atoms with Crippen molar-refractivity contribution in [1.29, 1.82) is 0 Å². The van der Waals surface area contributed by atoms with Gasteiger partial charge in [0.05, 0.1) is 16.5 Å². The minimum Gasteiger partial charge on any atom is -0.325 e. The van der Waals surface area contributed by atoms with Crippen LogP contribution in [0.2, 0.25) is 0 Å². The molecule has 10 heteroatoms. The van der Waals surface area contributed by atoms with E-state index in [1.807, 2.05) is 0 Å². The molecule has 0 aromatic heterocycles. The molecule has 2 aromatic rings. The van der Waals surface area contributed by atoms with E-state index in [1.165, 1.54) is 37.3 Å². The molecular weight excluding hydrogens is 437 g/mol. The van der Waals surface area contributed by atoms with E-state index >= 15 is 0 Å². The third-order valence-electron chi connectivity index (χ3n) is 3.31. The van der Waals surface area contributed by atoms with Crippen LogP contribution in [0.3, 0.4) is 0 Å². The van der Waals surface area contributed by atoms with Gasteiger partial charge < -0.3 is 5.32 Å². The second kappa shape index (κ2) is 7.77. The van der Waals surface area contributed by atoms with Crippen LogP contribution in [0.1, 0.15) is 12.5 Å². The molecule has 2 N–H and O–H groups in total. The van der Waals surface area contributed by atoms with Gasteiger partial charge in [0.2, 0.25) is 15.9 Å². The SMILES string of the molecule is CC(NS(=O)(=O)c1ccc(Br)cc1)C(=O)Nc1cccc(C(F)(F)F)c1. The summed E-state index contributed by atoms with van der Waals surface area (Å²) < 4.78 is 65.4. The molecule has 0 bridgehead atoms. The van der Waals surface area contributed by atoms with E-state index in [4.69, 9.17) is 0 Å². The number of carbonyl (C=O) groups is 1. The zero-order valence-corrected chi connectivity index (χ0v) is 15.7. The van der Waals surface area contributed by atoms with E-state index in [9.17, 15) is 26.4 Å². The summed E-state index contributed by atoms with van der Waals surface area (Å²) in [6.07, 6.45) is -4.55. The van der Waals surface area contributed by atoms with Gasteiger partial charge >= 0.3 is 6.18 Å². The summed E-state index contributed by atoms with van der Waals surface area (Å²) in [5, 5.41) is 2.26. The maximum atomic E-state index is 12.7. The van der Waals surface area contributed by atoms with Gasteiger partial charge in [-0.2, -0.15) is 17.9 Å². The number of benzene rings is 2. The van der Waals surface area contributed by atoms with Gasteiger partial charge in [0.25, 0.3) is 0 Å². The van der Waals surface area contributed by atoms with Gasteiger partial charge in [-0.15, -0.1) is 0 Å². The highest BCUT2D eigenvalue weighted by Gasteiger charge is 2.30. The zero-order chi connectivity index (χ0) is 19.5. The van der Waals surface area contributed by atoms with Crippen molar-refractivity contribution in [3.05, 3.63) is 58.6 Å². The van der Waals surface area contributed by atoms with Crippen LogP contribution in [0.4, 0.5) is 18.9 Å². The van der Waals surface area contributed by atoms with E-state index in [0.29, 0.717) is 4.47 Å². The van der Waals surface area contributed by atoms with E-state index in [-0.39, 0.29) is 10.6 Å². The van der Waals surface area contributed by atoms with Crippen LogP contribution in [-0.4, -0.2) is 20.4 Å². The van der Waals surface area contributed by atoms with Gasteiger partial charge in [-0.1, -0.05) is 22.0 Å². The maximum absolute atomic E-state index is 12.7. The third-order valence-corrected chi connectivity index (χ3v) is 5.39. The van der Waals surface area contributed by atoms with E-state index in [0.717, 1.165) is 18.2 Å². The number of anilines is 1. The molecule has 5 nitrogen and oxygen atoms in total. The second-order valence-corrected chi connectivity index (χ2v) is 7.99. The molecule has 0 spiro atoms. The second-order valence-electron chi connectivity index (χ2n) is 5.36. The number of nitrogens with one attached hydrogen (secondary N) is 2. The summed E-state index contributed by atoms with van der Waals surface area (Å²) >= 11 is 3.18.